The molecular formula is C34H34BrF3N6O5S. The number of hydrogen-bond acceptors (Lipinski definition) is 9. The molecule has 264 valence electrons. The molecule has 0 saturated carbocycles. The molecule has 16 heteroatoms. The van der Waals surface area contributed by atoms with Gasteiger partial charge in [0.2, 0.25) is 11.8 Å². The van der Waals surface area contributed by atoms with E-state index in [1.54, 1.807) is 16.7 Å². The zero-order chi connectivity index (χ0) is 35.8. The third-order valence-electron chi connectivity index (χ3n) is 9.29. The maximum atomic E-state index is 14.0. The quantitative estimate of drug-likeness (QED) is 0.252. The lowest BCUT2D eigenvalue weighted by Crippen LogP contribution is -2.53. The third kappa shape index (κ3) is 7.56. The van der Waals surface area contributed by atoms with Gasteiger partial charge in [0, 0.05) is 38.0 Å². The molecule has 6 rings (SSSR count). The highest BCUT2D eigenvalue weighted by atomic mass is 79.9. The van der Waals surface area contributed by atoms with Gasteiger partial charge in [-0.3, -0.25) is 19.0 Å². The molecule has 0 spiro atoms. The number of nitrogen functional groups attached to an aromatic ring is 1. The Morgan fingerprint density at radius 3 is 2.48 bits per heavy atom. The van der Waals surface area contributed by atoms with E-state index in [0.717, 1.165) is 34.7 Å². The highest BCUT2D eigenvalue weighted by Gasteiger charge is 2.42. The number of aliphatic hydroxyl groups is 1. The number of ether oxygens (including phenoxy) is 1. The van der Waals surface area contributed by atoms with Crippen LogP contribution in [0.1, 0.15) is 51.7 Å². The van der Waals surface area contributed by atoms with Gasteiger partial charge in [-0.25, -0.2) is 9.97 Å². The van der Waals surface area contributed by atoms with Crippen LogP contribution in [0, 0.1) is 12.8 Å². The van der Waals surface area contributed by atoms with E-state index >= 15 is 0 Å². The van der Waals surface area contributed by atoms with Crippen LogP contribution in [0.2, 0.25) is 0 Å². The average molecular weight is 776 g/mol. The number of hydrogen-bond donors (Lipinski definition) is 2. The molecule has 2 aliphatic heterocycles. The largest absolute Gasteiger partial charge is 0.437 e. The summed E-state index contributed by atoms with van der Waals surface area (Å²) in [5.74, 6) is -1.32. The molecule has 2 fully saturated rings. The molecule has 2 aromatic heterocycles. The number of anilines is 1. The topological polar surface area (TPSA) is 144 Å². The number of nitrogens with two attached hydrogens (primary N) is 1. The van der Waals surface area contributed by atoms with Crippen LogP contribution < -0.4 is 16.0 Å². The molecule has 11 nitrogen and oxygen atoms in total. The third-order valence-corrected chi connectivity index (χ3v) is 10.9. The standard InChI is InChI=1S/C34H34BrF3N6O5S/c1-20-27(50-32(35)41-20)31(47)43-13-10-24(25(17-43)21-6-3-2-4-7-21)29(45)42-14-11-33(48,12-15-42)18-44-19-40-28(26(39)30(44)46)49-23-9-5-8-22(16-23)34(36,37)38/h2-9,16,19,24-25,48H,10-15,17-18,39H2,1H3/t24-,25+/m1/s1. The minimum Gasteiger partial charge on any atom is -0.437 e. The first-order valence-corrected chi connectivity index (χ1v) is 17.5. The number of likely N-dealkylation sites (tertiary alicyclic amines) is 2. The second-order valence-corrected chi connectivity index (χ2v) is 14.9. The lowest BCUT2D eigenvalue weighted by atomic mass is 9.79. The molecule has 2 amide bonds. The van der Waals surface area contributed by atoms with Crippen LogP contribution in [0.5, 0.6) is 11.6 Å². The predicted molar refractivity (Wildman–Crippen MR) is 183 cm³/mol. The zero-order valence-corrected chi connectivity index (χ0v) is 29.3. The normalized spacial score (nSPS) is 19.3. The number of rotatable bonds is 7. The van der Waals surface area contributed by atoms with Crippen LogP contribution in [0.15, 0.2) is 69.6 Å². The number of amides is 2. The summed E-state index contributed by atoms with van der Waals surface area (Å²) in [6.45, 7) is 2.92. The van der Waals surface area contributed by atoms with Crippen molar-refractivity contribution in [1.82, 2.24) is 24.3 Å². The van der Waals surface area contributed by atoms with Crippen molar-refractivity contribution >= 4 is 44.8 Å². The summed E-state index contributed by atoms with van der Waals surface area (Å²) in [5.41, 5.74) is 4.16. The van der Waals surface area contributed by atoms with Crippen LogP contribution in [0.4, 0.5) is 18.9 Å². The first-order valence-electron chi connectivity index (χ1n) is 15.9. The molecule has 0 radical (unpaired) electrons. The Morgan fingerprint density at radius 1 is 1.10 bits per heavy atom. The van der Waals surface area contributed by atoms with Gasteiger partial charge in [0.15, 0.2) is 9.60 Å². The fraction of sp³-hybridized carbons (Fsp3) is 0.382. The van der Waals surface area contributed by atoms with Crippen molar-refractivity contribution in [3.8, 4) is 11.6 Å². The van der Waals surface area contributed by atoms with Crippen molar-refractivity contribution < 1.29 is 32.6 Å². The molecule has 2 saturated heterocycles. The number of aromatic nitrogens is 3. The van der Waals surface area contributed by atoms with Crippen molar-refractivity contribution in [3.63, 3.8) is 0 Å². The Hall–Kier alpha value is -4.28. The molecule has 3 N–H and O–H groups in total. The average Bonchev–Trinajstić information content (AvgIpc) is 3.45. The van der Waals surface area contributed by atoms with E-state index in [1.807, 2.05) is 30.3 Å². The number of nitrogens with zero attached hydrogens (tertiary/aromatic N) is 5. The summed E-state index contributed by atoms with van der Waals surface area (Å²) in [5, 5.41) is 11.5. The number of alkyl halides is 3. The molecule has 0 aliphatic carbocycles. The summed E-state index contributed by atoms with van der Waals surface area (Å²) >= 11 is 4.65. The monoisotopic (exact) mass is 774 g/mol. The van der Waals surface area contributed by atoms with Crippen LogP contribution in [0.3, 0.4) is 0 Å². The van der Waals surface area contributed by atoms with E-state index in [2.05, 4.69) is 25.9 Å². The first kappa shape index (κ1) is 35.5. The molecule has 2 atom stereocenters. The van der Waals surface area contributed by atoms with Gasteiger partial charge in [-0.2, -0.15) is 13.2 Å². The minimum atomic E-state index is -4.58. The Bertz CT molecular complexity index is 1950. The number of carbonyl (C=O) groups excluding carboxylic acids is 2. The van der Waals surface area contributed by atoms with Gasteiger partial charge in [0.05, 0.1) is 23.4 Å². The fourth-order valence-electron chi connectivity index (χ4n) is 6.56. The molecule has 2 aliphatic rings. The SMILES string of the molecule is Cc1nc(Br)sc1C(=O)N1CC[C@@H](C(=O)N2CCC(O)(Cn3cnc(Oc4cccc(C(F)(F)F)c4)c(N)c3=O)CC2)[C@H](c2ccccc2)C1. The van der Waals surface area contributed by atoms with Gasteiger partial charge in [0.1, 0.15) is 17.0 Å². The van der Waals surface area contributed by atoms with Crippen LogP contribution in [-0.4, -0.2) is 73.0 Å². The van der Waals surface area contributed by atoms with Gasteiger partial charge < -0.3 is 25.4 Å². The van der Waals surface area contributed by atoms with E-state index in [9.17, 15) is 32.7 Å². The molecule has 2 aromatic carbocycles. The van der Waals surface area contributed by atoms with Gasteiger partial charge in [-0.15, -0.1) is 11.3 Å². The number of thiazole rings is 1. The summed E-state index contributed by atoms with van der Waals surface area (Å²) in [4.78, 5) is 53.0. The fourth-order valence-corrected chi connectivity index (χ4v) is 8.07. The van der Waals surface area contributed by atoms with Gasteiger partial charge in [0.25, 0.3) is 11.5 Å². The second kappa shape index (κ2) is 14.2. The lowest BCUT2D eigenvalue weighted by Gasteiger charge is -2.43. The molecule has 4 aromatic rings. The van der Waals surface area contributed by atoms with Crippen LogP contribution in [0.25, 0.3) is 0 Å². The van der Waals surface area contributed by atoms with Crippen molar-refractivity contribution in [2.24, 2.45) is 5.92 Å². The van der Waals surface area contributed by atoms with Crippen molar-refractivity contribution in [2.45, 2.75) is 50.4 Å². The van der Waals surface area contributed by atoms with Gasteiger partial charge in [-0.1, -0.05) is 36.4 Å². The summed E-state index contributed by atoms with van der Waals surface area (Å²) in [6, 6.07) is 13.8. The number of halogens is 4. The van der Waals surface area contributed by atoms with Crippen LogP contribution >= 0.6 is 27.3 Å². The van der Waals surface area contributed by atoms with Gasteiger partial charge in [-0.05, 0) is 65.9 Å². The maximum absolute atomic E-state index is 14.0. The molecule has 0 bridgehead atoms. The highest BCUT2D eigenvalue weighted by Crippen LogP contribution is 2.37. The van der Waals surface area contributed by atoms with E-state index in [4.69, 9.17) is 10.5 Å². The Labute approximate surface area is 297 Å². The smallest absolute Gasteiger partial charge is 0.416 e. The number of aryl methyl sites for hydroxylation is 1. The predicted octanol–water partition coefficient (Wildman–Crippen LogP) is 5.46. The van der Waals surface area contributed by atoms with E-state index in [1.165, 1.54) is 17.4 Å². The van der Waals surface area contributed by atoms with Crippen molar-refractivity contribution in [2.75, 3.05) is 31.9 Å². The Kier molecular flexibility index (Phi) is 10.1. The lowest BCUT2D eigenvalue weighted by molar-refractivity contribution is -0.142. The first-order chi connectivity index (χ1) is 23.7. The number of carbonyl (C=O) groups is 2. The second-order valence-electron chi connectivity index (χ2n) is 12.6. The molecule has 0 unspecified atom stereocenters. The molecule has 4 heterocycles. The van der Waals surface area contributed by atoms with E-state index < -0.39 is 28.6 Å². The summed E-state index contributed by atoms with van der Waals surface area (Å²) in [7, 11) is 0. The molecular weight excluding hydrogens is 741 g/mol. The van der Waals surface area contributed by atoms with E-state index in [-0.39, 0.29) is 67.8 Å². The molecule has 50 heavy (non-hydrogen) atoms. The van der Waals surface area contributed by atoms with Crippen molar-refractivity contribution in [1.29, 1.82) is 0 Å². The summed E-state index contributed by atoms with van der Waals surface area (Å²) in [6.07, 6.45) is -2.62. The van der Waals surface area contributed by atoms with Crippen molar-refractivity contribution in [3.05, 3.63) is 96.9 Å². The number of benzene rings is 2. The van der Waals surface area contributed by atoms with E-state index in [0.29, 0.717) is 34.0 Å². The Balaban J connectivity index is 1.11. The summed E-state index contributed by atoms with van der Waals surface area (Å²) < 4.78 is 46.5. The minimum absolute atomic E-state index is 0.0520. The Morgan fingerprint density at radius 2 is 1.82 bits per heavy atom. The van der Waals surface area contributed by atoms with Crippen LogP contribution in [-0.2, 0) is 17.5 Å². The van der Waals surface area contributed by atoms with Gasteiger partial charge >= 0.3 is 6.18 Å². The number of piperidine rings is 2. The highest BCUT2D eigenvalue weighted by molar-refractivity contribution is 9.11. The maximum Gasteiger partial charge on any atom is 0.416 e. The zero-order valence-electron chi connectivity index (χ0n) is 26.9.